The number of benzene rings is 2. The lowest BCUT2D eigenvalue weighted by atomic mass is 10.0. The van der Waals surface area contributed by atoms with Gasteiger partial charge in [-0.15, -0.1) is 11.8 Å². The fourth-order valence-electron chi connectivity index (χ4n) is 2.04. The standard InChI is InChI=1S/C17H18ClN3O2S/c1-10-2-3-12(8-14(10)18)11-4-6-13(7-5-11)24-9-15(19)16(21-20)17(22)23/h2-8,21H,9,19-20H2,1H3,(H,22,23)/b16-15-. The Balaban J connectivity index is 2.10. The number of hydrogen-bond donors (Lipinski definition) is 4. The lowest BCUT2D eigenvalue weighted by Gasteiger charge is -2.08. The van der Waals surface area contributed by atoms with E-state index in [1.165, 1.54) is 11.8 Å². The quantitative estimate of drug-likeness (QED) is 0.272. The molecular formula is C17H18ClN3O2S. The van der Waals surface area contributed by atoms with E-state index in [1.54, 1.807) is 0 Å². The molecular weight excluding hydrogens is 346 g/mol. The minimum atomic E-state index is -1.18. The molecule has 2 aromatic rings. The highest BCUT2D eigenvalue weighted by atomic mass is 35.5. The largest absolute Gasteiger partial charge is 0.476 e. The van der Waals surface area contributed by atoms with Gasteiger partial charge in [-0.3, -0.25) is 5.84 Å². The molecule has 0 radical (unpaired) electrons. The van der Waals surface area contributed by atoms with Crippen molar-refractivity contribution in [1.29, 1.82) is 0 Å². The minimum absolute atomic E-state index is 0.185. The zero-order chi connectivity index (χ0) is 17.7. The smallest absolute Gasteiger partial charge is 0.355 e. The summed E-state index contributed by atoms with van der Waals surface area (Å²) in [5, 5.41) is 9.68. The number of carbonyl (C=O) groups is 1. The number of aryl methyl sites for hydroxylation is 1. The SMILES string of the molecule is Cc1ccc(-c2ccc(SC/C(N)=C(/NN)C(=O)O)cc2)cc1Cl. The lowest BCUT2D eigenvalue weighted by Crippen LogP contribution is -2.30. The first-order chi connectivity index (χ1) is 11.4. The van der Waals surface area contributed by atoms with Crippen molar-refractivity contribution in [3.05, 3.63) is 64.4 Å². The molecule has 5 nitrogen and oxygen atoms in total. The van der Waals surface area contributed by atoms with Crippen molar-refractivity contribution in [2.24, 2.45) is 11.6 Å². The predicted octanol–water partition coefficient (Wildman–Crippen LogP) is 3.13. The van der Waals surface area contributed by atoms with E-state index in [-0.39, 0.29) is 11.4 Å². The van der Waals surface area contributed by atoms with E-state index in [0.717, 1.165) is 26.6 Å². The number of hydrazine groups is 1. The number of rotatable bonds is 6. The first-order valence-electron chi connectivity index (χ1n) is 7.10. The van der Waals surface area contributed by atoms with Crippen LogP contribution in [-0.2, 0) is 4.79 Å². The third-order valence-corrected chi connectivity index (χ3v) is 4.90. The van der Waals surface area contributed by atoms with Crippen LogP contribution in [0.4, 0.5) is 0 Å². The van der Waals surface area contributed by atoms with Crippen LogP contribution in [0.25, 0.3) is 11.1 Å². The van der Waals surface area contributed by atoms with Crippen molar-refractivity contribution < 1.29 is 9.90 Å². The number of thioether (sulfide) groups is 1. The molecule has 0 fully saturated rings. The minimum Gasteiger partial charge on any atom is -0.476 e. The Kier molecular flexibility index (Phi) is 6.14. The highest BCUT2D eigenvalue weighted by molar-refractivity contribution is 7.99. The van der Waals surface area contributed by atoms with Crippen LogP contribution in [0.1, 0.15) is 5.56 Å². The van der Waals surface area contributed by atoms with Crippen LogP contribution >= 0.6 is 23.4 Å². The number of carboxylic acid groups (broad SMARTS) is 1. The Hall–Kier alpha value is -2.15. The summed E-state index contributed by atoms with van der Waals surface area (Å²) in [5.74, 6) is 4.30. The highest BCUT2D eigenvalue weighted by Crippen LogP contribution is 2.28. The van der Waals surface area contributed by atoms with Gasteiger partial charge < -0.3 is 16.3 Å². The third kappa shape index (κ3) is 4.44. The average molecular weight is 364 g/mol. The first kappa shape index (κ1) is 18.2. The molecule has 2 aromatic carbocycles. The van der Waals surface area contributed by atoms with Crippen LogP contribution in [-0.4, -0.2) is 16.8 Å². The monoisotopic (exact) mass is 363 g/mol. The molecule has 0 spiro atoms. The summed E-state index contributed by atoms with van der Waals surface area (Å²) in [6.45, 7) is 1.96. The number of aliphatic carboxylic acids is 1. The van der Waals surface area contributed by atoms with E-state index in [9.17, 15) is 4.79 Å². The maximum atomic E-state index is 10.9. The van der Waals surface area contributed by atoms with Crippen molar-refractivity contribution in [3.8, 4) is 11.1 Å². The van der Waals surface area contributed by atoms with Gasteiger partial charge >= 0.3 is 5.97 Å². The molecule has 7 heteroatoms. The normalized spacial score (nSPS) is 11.8. The summed E-state index contributed by atoms with van der Waals surface area (Å²) in [7, 11) is 0. The van der Waals surface area contributed by atoms with Crippen LogP contribution in [0, 0.1) is 6.92 Å². The second kappa shape index (κ2) is 8.10. The van der Waals surface area contributed by atoms with E-state index in [4.69, 9.17) is 28.3 Å². The maximum Gasteiger partial charge on any atom is 0.355 e. The Morgan fingerprint density at radius 3 is 2.38 bits per heavy atom. The fourth-order valence-corrected chi connectivity index (χ4v) is 3.02. The van der Waals surface area contributed by atoms with E-state index in [1.807, 2.05) is 49.4 Å². The van der Waals surface area contributed by atoms with Crippen molar-refractivity contribution in [3.63, 3.8) is 0 Å². The van der Waals surface area contributed by atoms with Gasteiger partial charge in [0.15, 0.2) is 5.70 Å². The molecule has 0 aliphatic heterocycles. The molecule has 2 rings (SSSR count). The maximum absolute atomic E-state index is 10.9. The molecule has 0 aliphatic carbocycles. The van der Waals surface area contributed by atoms with Crippen molar-refractivity contribution in [2.75, 3.05) is 5.75 Å². The zero-order valence-corrected chi connectivity index (χ0v) is 14.6. The Morgan fingerprint density at radius 2 is 1.83 bits per heavy atom. The highest BCUT2D eigenvalue weighted by Gasteiger charge is 2.11. The van der Waals surface area contributed by atoms with E-state index in [0.29, 0.717) is 5.75 Å². The molecule has 0 heterocycles. The van der Waals surface area contributed by atoms with E-state index >= 15 is 0 Å². The van der Waals surface area contributed by atoms with Gasteiger partial charge in [0, 0.05) is 15.7 Å². The first-order valence-corrected chi connectivity index (χ1v) is 8.46. The van der Waals surface area contributed by atoms with Gasteiger partial charge in [-0.25, -0.2) is 4.79 Å². The van der Waals surface area contributed by atoms with Gasteiger partial charge in [-0.2, -0.15) is 0 Å². The summed E-state index contributed by atoms with van der Waals surface area (Å²) >= 11 is 7.59. The van der Waals surface area contributed by atoms with Crippen LogP contribution < -0.4 is 17.0 Å². The molecule has 0 saturated heterocycles. The summed E-state index contributed by atoms with van der Waals surface area (Å²) in [5.41, 5.74) is 11.0. The second-order valence-corrected chi connectivity index (χ2v) is 6.58. The van der Waals surface area contributed by atoms with Gasteiger partial charge in [0.05, 0.1) is 5.70 Å². The van der Waals surface area contributed by atoms with Gasteiger partial charge in [0.1, 0.15) is 0 Å². The van der Waals surface area contributed by atoms with E-state index < -0.39 is 5.97 Å². The molecule has 0 aromatic heterocycles. The van der Waals surface area contributed by atoms with E-state index in [2.05, 4.69) is 5.43 Å². The molecule has 0 amide bonds. The van der Waals surface area contributed by atoms with Crippen LogP contribution in [0.15, 0.2) is 58.8 Å². The topological polar surface area (TPSA) is 101 Å². The second-order valence-electron chi connectivity index (χ2n) is 5.13. The predicted molar refractivity (Wildman–Crippen MR) is 98.5 cm³/mol. The van der Waals surface area contributed by atoms with Gasteiger partial charge in [-0.1, -0.05) is 35.9 Å². The van der Waals surface area contributed by atoms with Gasteiger partial charge in [0.25, 0.3) is 0 Å². The van der Waals surface area contributed by atoms with Crippen LogP contribution in [0.3, 0.4) is 0 Å². The Labute approximate surface area is 149 Å². The number of nitrogens with one attached hydrogen (secondary N) is 1. The van der Waals surface area contributed by atoms with Crippen molar-refractivity contribution >= 4 is 29.3 Å². The molecule has 0 saturated carbocycles. The summed E-state index contributed by atoms with van der Waals surface area (Å²) in [4.78, 5) is 11.9. The number of carboxylic acids is 1. The molecule has 126 valence electrons. The molecule has 0 atom stereocenters. The van der Waals surface area contributed by atoms with Gasteiger partial charge in [0.2, 0.25) is 0 Å². The van der Waals surface area contributed by atoms with Crippen molar-refractivity contribution in [2.45, 2.75) is 11.8 Å². The molecule has 0 bridgehead atoms. The van der Waals surface area contributed by atoms with Crippen LogP contribution in [0.5, 0.6) is 0 Å². The summed E-state index contributed by atoms with van der Waals surface area (Å²) in [6.07, 6.45) is 0. The fraction of sp³-hybridized carbons (Fsp3) is 0.118. The van der Waals surface area contributed by atoms with Crippen LogP contribution in [0.2, 0.25) is 5.02 Å². The molecule has 24 heavy (non-hydrogen) atoms. The molecule has 6 N–H and O–H groups in total. The Bertz CT molecular complexity index is 776. The van der Waals surface area contributed by atoms with Gasteiger partial charge in [-0.05, 0) is 41.8 Å². The zero-order valence-electron chi connectivity index (χ0n) is 13.0. The average Bonchev–Trinajstić information content (AvgIpc) is 2.56. The summed E-state index contributed by atoms with van der Waals surface area (Å²) in [6, 6.07) is 13.8. The molecule has 0 unspecified atom stereocenters. The van der Waals surface area contributed by atoms with Crippen molar-refractivity contribution in [1.82, 2.24) is 5.43 Å². The Morgan fingerprint density at radius 1 is 1.21 bits per heavy atom. The molecule has 0 aliphatic rings. The summed E-state index contributed by atoms with van der Waals surface area (Å²) < 4.78 is 0. The number of halogens is 1. The lowest BCUT2D eigenvalue weighted by molar-refractivity contribution is -0.133. The number of nitrogens with two attached hydrogens (primary N) is 2. The number of hydrogen-bond acceptors (Lipinski definition) is 5. The third-order valence-electron chi connectivity index (χ3n) is 3.43.